The van der Waals surface area contributed by atoms with Crippen molar-refractivity contribution in [3.63, 3.8) is 0 Å². The van der Waals surface area contributed by atoms with Gasteiger partial charge in [-0.05, 0) is 111 Å². The molecule has 4 aliphatic carbocycles. The third-order valence-electron chi connectivity index (χ3n) is 10.7. The summed E-state index contributed by atoms with van der Waals surface area (Å²) in [5, 5.41) is 0. The fourth-order valence-corrected chi connectivity index (χ4v) is 9.63. The summed E-state index contributed by atoms with van der Waals surface area (Å²) in [5.74, 6) is 3.38. The minimum Gasteiger partial charge on any atom is -0.297 e. The summed E-state index contributed by atoms with van der Waals surface area (Å²) in [6.45, 7) is 6.35. The standard InChI is InChI=1S/C25H41FO5S.Na/c1-16(4-6-18(27)15-26)21-8-9-22-20-7-5-17-14-19(31-32(28,29)30)10-12-24(17,2)23(20)11-13-25(21,22)3;/h16-17,19-23H,4-15H2,1-3H3,(H,28,29,30);/t16-,17+,19+,20-,21+,22-,23-,24-,25+;/m0./s1. The molecule has 0 aromatic heterocycles. The molecule has 33 heavy (non-hydrogen) atoms. The first-order chi connectivity index (χ1) is 15.0. The Labute approximate surface area is 221 Å². The summed E-state index contributed by atoms with van der Waals surface area (Å²) in [5.41, 5.74) is 0.536. The molecule has 0 aromatic carbocycles. The minimum atomic E-state index is -4.39. The molecule has 4 rings (SSSR count). The van der Waals surface area contributed by atoms with Gasteiger partial charge in [-0.25, -0.2) is 8.57 Å². The molecule has 9 atom stereocenters. The van der Waals surface area contributed by atoms with Crippen molar-refractivity contribution in [1.29, 1.82) is 0 Å². The Bertz CT molecular complexity index is 822. The SMILES string of the molecule is C[C@@H](CCC(=O)CF)[C@H]1CC[C@H]2[C@@H]3CC[C@@H]4C[C@H](OS(=O)(=O)O)CC[C@]4(C)[C@H]3CC[C@]12C.[Na]. The average Bonchev–Trinajstić information content (AvgIpc) is 3.08. The fourth-order valence-electron chi connectivity index (χ4n) is 9.11. The van der Waals surface area contributed by atoms with Crippen molar-refractivity contribution >= 4 is 45.7 Å². The molecule has 4 saturated carbocycles. The van der Waals surface area contributed by atoms with Crippen LogP contribution in [0.2, 0.25) is 0 Å². The number of halogens is 1. The predicted octanol–water partition coefficient (Wildman–Crippen LogP) is 5.41. The van der Waals surface area contributed by atoms with Crippen LogP contribution in [0.15, 0.2) is 0 Å². The maximum absolute atomic E-state index is 12.6. The molecule has 1 N–H and O–H groups in total. The summed E-state index contributed by atoms with van der Waals surface area (Å²) in [6, 6.07) is 0. The van der Waals surface area contributed by atoms with E-state index in [1.54, 1.807) is 0 Å². The van der Waals surface area contributed by atoms with E-state index in [2.05, 4.69) is 20.8 Å². The second-order valence-electron chi connectivity index (χ2n) is 12.0. The fraction of sp³-hybridized carbons (Fsp3) is 0.960. The van der Waals surface area contributed by atoms with E-state index >= 15 is 0 Å². The van der Waals surface area contributed by atoms with Crippen molar-refractivity contribution in [3.05, 3.63) is 0 Å². The van der Waals surface area contributed by atoms with E-state index in [1.807, 2.05) is 0 Å². The number of rotatable bonds is 7. The molecule has 5 nitrogen and oxygen atoms in total. The number of hydrogen-bond acceptors (Lipinski definition) is 4. The van der Waals surface area contributed by atoms with Crippen LogP contribution in [0.4, 0.5) is 4.39 Å². The zero-order chi connectivity index (χ0) is 23.3. The van der Waals surface area contributed by atoms with Gasteiger partial charge in [0.15, 0.2) is 5.78 Å². The molecule has 0 unspecified atom stereocenters. The first kappa shape index (κ1) is 28.0. The molecule has 0 bridgehead atoms. The number of hydrogen-bond donors (Lipinski definition) is 1. The number of ketones is 1. The van der Waals surface area contributed by atoms with Crippen LogP contribution in [0, 0.1) is 46.3 Å². The van der Waals surface area contributed by atoms with Crippen LogP contribution >= 0.6 is 0 Å². The topological polar surface area (TPSA) is 80.7 Å². The minimum absolute atomic E-state index is 0. The number of fused-ring (bicyclic) bond motifs is 5. The van der Waals surface area contributed by atoms with Crippen LogP contribution in [0.3, 0.4) is 0 Å². The molecule has 0 saturated heterocycles. The molecule has 0 spiro atoms. The van der Waals surface area contributed by atoms with Gasteiger partial charge in [0.2, 0.25) is 0 Å². The van der Waals surface area contributed by atoms with E-state index in [-0.39, 0.29) is 40.8 Å². The number of carbonyl (C=O) groups excluding carboxylic acids is 1. The van der Waals surface area contributed by atoms with Gasteiger partial charge in [0.25, 0.3) is 0 Å². The van der Waals surface area contributed by atoms with Crippen LogP contribution in [0.25, 0.3) is 0 Å². The van der Waals surface area contributed by atoms with Gasteiger partial charge >= 0.3 is 10.4 Å². The van der Waals surface area contributed by atoms with Crippen LogP contribution in [-0.4, -0.2) is 61.1 Å². The van der Waals surface area contributed by atoms with Gasteiger partial charge in [-0.2, -0.15) is 8.42 Å². The molecule has 0 amide bonds. The van der Waals surface area contributed by atoms with Gasteiger partial charge < -0.3 is 0 Å². The Morgan fingerprint density at radius 3 is 2.39 bits per heavy atom. The first-order valence-corrected chi connectivity index (χ1v) is 14.1. The maximum atomic E-state index is 12.6. The molecule has 0 heterocycles. The van der Waals surface area contributed by atoms with Crippen molar-refractivity contribution in [2.75, 3.05) is 6.67 Å². The average molecular weight is 496 g/mol. The smallest absolute Gasteiger partial charge is 0.297 e. The maximum Gasteiger partial charge on any atom is 0.397 e. The Balaban J connectivity index is 0.00000306. The van der Waals surface area contributed by atoms with Gasteiger partial charge in [0.1, 0.15) is 6.67 Å². The normalized spacial score (nSPS) is 43.5. The van der Waals surface area contributed by atoms with E-state index in [9.17, 15) is 17.6 Å². The summed E-state index contributed by atoms with van der Waals surface area (Å²) in [4.78, 5) is 11.5. The summed E-state index contributed by atoms with van der Waals surface area (Å²) < 4.78 is 49.1. The number of alkyl halides is 1. The molecule has 0 aliphatic heterocycles. The molecule has 8 heteroatoms. The predicted molar refractivity (Wildman–Crippen MR) is 127 cm³/mol. The Morgan fingerprint density at radius 2 is 1.73 bits per heavy atom. The van der Waals surface area contributed by atoms with Crippen molar-refractivity contribution in [2.45, 2.75) is 97.5 Å². The van der Waals surface area contributed by atoms with Gasteiger partial charge in [0.05, 0.1) is 6.10 Å². The monoisotopic (exact) mass is 495 g/mol. The number of carbonyl (C=O) groups is 1. The van der Waals surface area contributed by atoms with Crippen LogP contribution in [-0.2, 0) is 19.4 Å². The number of Topliss-reactive ketones (excluding diaryl/α,β-unsaturated/α-hetero) is 1. The molecule has 0 aromatic rings. The second kappa shape index (κ2) is 10.5. The Hall–Kier alpha value is 0.470. The van der Waals surface area contributed by atoms with E-state index in [4.69, 9.17) is 8.74 Å². The van der Waals surface area contributed by atoms with E-state index in [1.165, 1.54) is 32.1 Å². The largest absolute Gasteiger partial charge is 0.397 e. The van der Waals surface area contributed by atoms with Crippen molar-refractivity contribution < 1.29 is 26.3 Å². The van der Waals surface area contributed by atoms with Crippen molar-refractivity contribution in [2.24, 2.45) is 46.3 Å². The molecular weight excluding hydrogens is 454 g/mol. The Kier molecular flexibility index (Phi) is 8.88. The first-order valence-electron chi connectivity index (χ1n) is 12.7. The molecule has 4 aliphatic rings. The quantitative estimate of drug-likeness (QED) is 0.377. The van der Waals surface area contributed by atoms with Gasteiger partial charge in [-0.3, -0.25) is 9.35 Å². The third-order valence-corrected chi connectivity index (χ3v) is 11.2. The van der Waals surface area contributed by atoms with Gasteiger partial charge in [0, 0.05) is 36.0 Å². The second-order valence-corrected chi connectivity index (χ2v) is 13.0. The van der Waals surface area contributed by atoms with E-state index < -0.39 is 23.2 Å². The third kappa shape index (κ3) is 5.44. The van der Waals surface area contributed by atoms with Gasteiger partial charge in [-0.1, -0.05) is 20.8 Å². The van der Waals surface area contributed by atoms with Crippen LogP contribution < -0.4 is 0 Å². The zero-order valence-corrected chi connectivity index (χ0v) is 23.7. The van der Waals surface area contributed by atoms with Crippen molar-refractivity contribution in [1.82, 2.24) is 0 Å². The molecular formula is C25H41FNaO5S. The van der Waals surface area contributed by atoms with E-state index in [0.29, 0.717) is 41.9 Å². The van der Waals surface area contributed by atoms with Gasteiger partial charge in [-0.15, -0.1) is 0 Å². The zero-order valence-electron chi connectivity index (χ0n) is 20.9. The molecule has 185 valence electrons. The Morgan fingerprint density at radius 1 is 1.06 bits per heavy atom. The summed E-state index contributed by atoms with van der Waals surface area (Å²) in [6.07, 6.45) is 10.4. The summed E-state index contributed by atoms with van der Waals surface area (Å²) >= 11 is 0. The van der Waals surface area contributed by atoms with Crippen LogP contribution in [0.1, 0.15) is 91.4 Å². The van der Waals surface area contributed by atoms with E-state index in [0.717, 1.165) is 37.5 Å². The summed E-state index contributed by atoms with van der Waals surface area (Å²) in [7, 11) is -4.39. The van der Waals surface area contributed by atoms with Crippen LogP contribution in [0.5, 0.6) is 0 Å². The molecule has 1 radical (unpaired) electrons. The molecule has 4 fully saturated rings. The van der Waals surface area contributed by atoms with Crippen molar-refractivity contribution in [3.8, 4) is 0 Å².